The Kier molecular flexibility index (Phi) is 2.97. The first kappa shape index (κ1) is 12.0. The molecule has 7 nitrogen and oxygen atoms in total. The van der Waals surface area contributed by atoms with Crippen LogP contribution in [0, 0.1) is 10.1 Å². The van der Waals surface area contributed by atoms with Crippen LogP contribution < -0.4 is 5.73 Å². The molecule has 1 aromatic carbocycles. The quantitative estimate of drug-likeness (QED) is 0.369. The summed E-state index contributed by atoms with van der Waals surface area (Å²) < 4.78 is 0. The third-order valence-corrected chi connectivity index (χ3v) is 2.82. The topological polar surface area (TPSA) is 107 Å². The molecule has 18 heavy (non-hydrogen) atoms. The average molecular weight is 249 g/mol. The number of carbonyl (C=O) groups is 2. The van der Waals surface area contributed by atoms with Gasteiger partial charge in [-0.05, 0) is 6.07 Å². The molecule has 0 bridgehead atoms. The number of nitrogens with zero attached hydrogens (tertiary/aromatic N) is 2. The van der Waals surface area contributed by atoms with E-state index in [1.54, 1.807) is 0 Å². The van der Waals surface area contributed by atoms with Gasteiger partial charge in [-0.25, -0.2) is 0 Å². The minimum atomic E-state index is -0.545. The second-order valence-corrected chi connectivity index (χ2v) is 4.01. The smallest absolute Gasteiger partial charge is 0.269 e. The van der Waals surface area contributed by atoms with Gasteiger partial charge in [0, 0.05) is 36.2 Å². The molecule has 1 aliphatic rings. The number of non-ortho nitro benzene ring substituents is 1. The highest BCUT2D eigenvalue weighted by Crippen LogP contribution is 2.23. The van der Waals surface area contributed by atoms with E-state index in [4.69, 9.17) is 5.73 Å². The minimum Gasteiger partial charge on any atom is -0.398 e. The fourth-order valence-electron chi connectivity index (χ4n) is 1.81. The fraction of sp³-hybridized carbons (Fsp3) is 0.273. The Morgan fingerprint density at radius 3 is 2.44 bits per heavy atom. The third kappa shape index (κ3) is 2.15. The van der Waals surface area contributed by atoms with E-state index in [1.807, 2.05) is 0 Å². The lowest BCUT2D eigenvalue weighted by molar-refractivity contribution is -0.384. The molecule has 0 atom stereocenters. The first-order chi connectivity index (χ1) is 8.49. The SMILES string of the molecule is Nc1ccc([N+](=O)[O-])cc1CN1C(=O)CCC1=O. The third-order valence-electron chi connectivity index (χ3n) is 2.82. The van der Waals surface area contributed by atoms with E-state index >= 15 is 0 Å². The van der Waals surface area contributed by atoms with Crippen molar-refractivity contribution in [2.75, 3.05) is 5.73 Å². The predicted molar refractivity (Wildman–Crippen MR) is 62.3 cm³/mol. The highest BCUT2D eigenvalue weighted by atomic mass is 16.6. The molecule has 1 heterocycles. The van der Waals surface area contributed by atoms with Gasteiger partial charge in [-0.2, -0.15) is 0 Å². The number of nitrogens with two attached hydrogens (primary N) is 1. The summed E-state index contributed by atoms with van der Waals surface area (Å²) in [6.07, 6.45) is 0.376. The largest absolute Gasteiger partial charge is 0.398 e. The number of hydrogen-bond donors (Lipinski definition) is 1. The van der Waals surface area contributed by atoms with Crippen LogP contribution >= 0.6 is 0 Å². The second kappa shape index (κ2) is 4.44. The molecule has 1 aromatic rings. The van der Waals surface area contributed by atoms with E-state index < -0.39 is 4.92 Å². The zero-order chi connectivity index (χ0) is 13.3. The van der Waals surface area contributed by atoms with Crippen molar-refractivity contribution in [3.63, 3.8) is 0 Å². The highest BCUT2D eigenvalue weighted by molar-refractivity contribution is 6.01. The van der Waals surface area contributed by atoms with E-state index in [-0.39, 0.29) is 36.9 Å². The summed E-state index contributed by atoms with van der Waals surface area (Å²) in [6, 6.07) is 3.97. The van der Waals surface area contributed by atoms with Gasteiger partial charge in [0.15, 0.2) is 0 Å². The van der Waals surface area contributed by atoms with Crippen LogP contribution in [0.15, 0.2) is 18.2 Å². The molecule has 1 saturated heterocycles. The van der Waals surface area contributed by atoms with Crippen molar-refractivity contribution >= 4 is 23.2 Å². The number of anilines is 1. The summed E-state index contributed by atoms with van der Waals surface area (Å²) in [6.45, 7) is -0.00875. The molecule has 1 aliphatic heterocycles. The summed E-state index contributed by atoms with van der Waals surface area (Å²) in [5, 5.41) is 10.6. The summed E-state index contributed by atoms with van der Waals surface area (Å²) in [4.78, 5) is 34.1. The molecule has 2 N–H and O–H groups in total. The van der Waals surface area contributed by atoms with Gasteiger partial charge in [0.2, 0.25) is 11.8 Å². The monoisotopic (exact) mass is 249 g/mol. The number of benzene rings is 1. The normalized spacial score (nSPS) is 15.2. The Bertz CT molecular complexity index is 525. The van der Waals surface area contributed by atoms with Crippen LogP contribution in [0.4, 0.5) is 11.4 Å². The number of hydrogen-bond acceptors (Lipinski definition) is 5. The van der Waals surface area contributed by atoms with Crippen LogP contribution in [-0.4, -0.2) is 21.6 Å². The molecule has 2 rings (SSSR count). The van der Waals surface area contributed by atoms with E-state index in [2.05, 4.69) is 0 Å². The van der Waals surface area contributed by atoms with Gasteiger partial charge in [-0.3, -0.25) is 24.6 Å². The second-order valence-electron chi connectivity index (χ2n) is 4.01. The van der Waals surface area contributed by atoms with E-state index in [0.717, 1.165) is 4.90 Å². The van der Waals surface area contributed by atoms with Gasteiger partial charge in [-0.15, -0.1) is 0 Å². The number of carbonyl (C=O) groups excluding carboxylic acids is 2. The van der Waals surface area contributed by atoms with Crippen LogP contribution in [-0.2, 0) is 16.1 Å². The van der Waals surface area contributed by atoms with Crippen LogP contribution in [0.25, 0.3) is 0 Å². The molecule has 0 unspecified atom stereocenters. The molecule has 1 fully saturated rings. The number of imide groups is 1. The lowest BCUT2D eigenvalue weighted by Gasteiger charge is -2.14. The maximum atomic E-state index is 11.4. The van der Waals surface area contributed by atoms with Crippen LogP contribution in [0.5, 0.6) is 0 Å². The van der Waals surface area contributed by atoms with Crippen LogP contribution in [0.3, 0.4) is 0 Å². The van der Waals surface area contributed by atoms with Crippen molar-refractivity contribution in [1.29, 1.82) is 0 Å². The van der Waals surface area contributed by atoms with Crippen molar-refractivity contribution in [3.05, 3.63) is 33.9 Å². The maximum Gasteiger partial charge on any atom is 0.269 e. The molecule has 0 saturated carbocycles. The molecule has 2 amide bonds. The van der Waals surface area contributed by atoms with Gasteiger partial charge in [0.25, 0.3) is 5.69 Å². The van der Waals surface area contributed by atoms with Gasteiger partial charge >= 0.3 is 0 Å². The summed E-state index contributed by atoms with van der Waals surface area (Å²) >= 11 is 0. The molecule has 0 aromatic heterocycles. The van der Waals surface area contributed by atoms with Gasteiger partial charge in [0.05, 0.1) is 11.5 Å². The summed E-state index contributed by atoms with van der Waals surface area (Å²) in [5.41, 5.74) is 6.31. The molecular formula is C11H11N3O4. The zero-order valence-electron chi connectivity index (χ0n) is 9.46. The lowest BCUT2D eigenvalue weighted by Crippen LogP contribution is -2.28. The number of nitrogen functional groups attached to an aromatic ring is 1. The Hall–Kier alpha value is -2.44. The van der Waals surface area contributed by atoms with Gasteiger partial charge in [0.1, 0.15) is 0 Å². The first-order valence-corrected chi connectivity index (χ1v) is 5.35. The van der Waals surface area contributed by atoms with Crippen molar-refractivity contribution in [3.8, 4) is 0 Å². The molecule has 94 valence electrons. The number of rotatable bonds is 3. The Labute approximate surface area is 102 Å². The molecule has 0 spiro atoms. The van der Waals surface area contributed by atoms with E-state index in [9.17, 15) is 19.7 Å². The van der Waals surface area contributed by atoms with Crippen molar-refractivity contribution in [1.82, 2.24) is 4.90 Å². The Morgan fingerprint density at radius 1 is 1.28 bits per heavy atom. The van der Waals surface area contributed by atoms with Crippen molar-refractivity contribution in [2.24, 2.45) is 0 Å². The highest BCUT2D eigenvalue weighted by Gasteiger charge is 2.29. The number of amides is 2. The van der Waals surface area contributed by atoms with Crippen molar-refractivity contribution in [2.45, 2.75) is 19.4 Å². The summed E-state index contributed by atoms with van der Waals surface area (Å²) in [7, 11) is 0. The lowest BCUT2D eigenvalue weighted by atomic mass is 10.1. The maximum absolute atomic E-state index is 11.4. The average Bonchev–Trinajstić information content (AvgIpc) is 2.63. The fourth-order valence-corrected chi connectivity index (χ4v) is 1.81. The van der Waals surface area contributed by atoms with Gasteiger partial charge in [-0.1, -0.05) is 0 Å². The Morgan fingerprint density at radius 2 is 1.89 bits per heavy atom. The first-order valence-electron chi connectivity index (χ1n) is 5.35. The standard InChI is InChI=1S/C11H11N3O4/c12-9-2-1-8(14(17)18)5-7(9)6-13-10(15)3-4-11(13)16/h1-2,5H,3-4,6,12H2. The van der Waals surface area contributed by atoms with Crippen LogP contribution in [0.1, 0.15) is 18.4 Å². The zero-order valence-corrected chi connectivity index (χ0v) is 9.46. The van der Waals surface area contributed by atoms with E-state index in [0.29, 0.717) is 11.3 Å². The number of likely N-dealkylation sites (tertiary alicyclic amines) is 1. The predicted octanol–water partition coefficient (Wildman–Crippen LogP) is 0.826. The van der Waals surface area contributed by atoms with E-state index in [1.165, 1.54) is 18.2 Å². The Balaban J connectivity index is 2.28. The number of nitro benzene ring substituents is 1. The molecular weight excluding hydrogens is 238 g/mol. The number of nitro groups is 1. The molecule has 7 heteroatoms. The molecule has 0 radical (unpaired) electrons. The minimum absolute atomic E-state index is 0.00875. The summed E-state index contributed by atoms with van der Waals surface area (Å²) in [5.74, 6) is -0.545. The van der Waals surface area contributed by atoms with Crippen LogP contribution in [0.2, 0.25) is 0 Å². The van der Waals surface area contributed by atoms with Crippen molar-refractivity contribution < 1.29 is 14.5 Å². The molecule has 0 aliphatic carbocycles. The van der Waals surface area contributed by atoms with Gasteiger partial charge < -0.3 is 5.73 Å².